The Balaban J connectivity index is 1.81. The average Bonchev–Trinajstić information content (AvgIpc) is 2.78. The monoisotopic (exact) mass is 294 g/mol. The van der Waals surface area contributed by atoms with Crippen LogP contribution in [0.15, 0.2) is 54.7 Å². The van der Waals surface area contributed by atoms with Gasteiger partial charge in [0.25, 0.3) is 0 Å². The standard InChI is InChI=1S/C18H18N2O2/c1-13-18(9-11-19-12-10-18)22-17(21)20(13)16-8-4-6-14-5-2-3-7-15(14)16/h2-8,19H,1,9-12H2. The molecule has 0 atom stereocenters. The summed E-state index contributed by atoms with van der Waals surface area (Å²) in [7, 11) is 0. The van der Waals surface area contributed by atoms with Crippen LogP contribution in [0.5, 0.6) is 0 Å². The number of rotatable bonds is 1. The van der Waals surface area contributed by atoms with Crippen molar-refractivity contribution in [3.05, 3.63) is 54.7 Å². The molecule has 2 aliphatic heterocycles. The third-order valence-electron chi connectivity index (χ3n) is 4.68. The number of anilines is 1. The Labute approximate surface area is 129 Å². The van der Waals surface area contributed by atoms with Gasteiger partial charge in [0, 0.05) is 18.2 Å². The van der Waals surface area contributed by atoms with Crippen LogP contribution in [0.1, 0.15) is 12.8 Å². The van der Waals surface area contributed by atoms with E-state index in [0.29, 0.717) is 0 Å². The molecule has 0 aliphatic carbocycles. The molecule has 0 aromatic heterocycles. The maximum absolute atomic E-state index is 12.5. The number of fused-ring (bicyclic) bond motifs is 1. The van der Waals surface area contributed by atoms with Crippen molar-refractivity contribution in [2.24, 2.45) is 0 Å². The summed E-state index contributed by atoms with van der Waals surface area (Å²) in [5.74, 6) is 0. The minimum absolute atomic E-state index is 0.316. The van der Waals surface area contributed by atoms with Gasteiger partial charge in [0.2, 0.25) is 0 Å². The molecule has 1 N–H and O–H groups in total. The van der Waals surface area contributed by atoms with Crippen LogP contribution in [0, 0.1) is 0 Å². The fourth-order valence-corrected chi connectivity index (χ4v) is 3.45. The van der Waals surface area contributed by atoms with Gasteiger partial charge in [-0.15, -0.1) is 0 Å². The van der Waals surface area contributed by atoms with E-state index in [2.05, 4.69) is 11.9 Å². The Morgan fingerprint density at radius 3 is 2.64 bits per heavy atom. The second kappa shape index (κ2) is 4.85. The lowest BCUT2D eigenvalue weighted by Gasteiger charge is -2.32. The fraction of sp³-hybridized carbons (Fsp3) is 0.278. The number of hydrogen-bond acceptors (Lipinski definition) is 3. The van der Waals surface area contributed by atoms with Gasteiger partial charge in [-0.1, -0.05) is 43.0 Å². The molecule has 2 aromatic rings. The molecule has 0 bridgehead atoms. The van der Waals surface area contributed by atoms with Crippen LogP contribution < -0.4 is 10.2 Å². The first kappa shape index (κ1) is 13.3. The molecule has 4 rings (SSSR count). The fourth-order valence-electron chi connectivity index (χ4n) is 3.45. The summed E-state index contributed by atoms with van der Waals surface area (Å²) < 4.78 is 5.77. The third kappa shape index (κ3) is 1.84. The molecule has 0 saturated carbocycles. The van der Waals surface area contributed by atoms with Crippen LogP contribution in [-0.2, 0) is 4.74 Å². The Morgan fingerprint density at radius 1 is 1.09 bits per heavy atom. The van der Waals surface area contributed by atoms with E-state index in [1.807, 2.05) is 42.5 Å². The number of amides is 1. The van der Waals surface area contributed by atoms with Gasteiger partial charge in [-0.3, -0.25) is 0 Å². The molecule has 2 aliphatic rings. The average molecular weight is 294 g/mol. The van der Waals surface area contributed by atoms with Crippen LogP contribution in [0.3, 0.4) is 0 Å². The molecular weight excluding hydrogens is 276 g/mol. The van der Waals surface area contributed by atoms with Gasteiger partial charge in [0.1, 0.15) is 0 Å². The van der Waals surface area contributed by atoms with Crippen molar-refractivity contribution in [3.63, 3.8) is 0 Å². The predicted octanol–water partition coefficient (Wildman–Crippen LogP) is 3.43. The highest BCUT2D eigenvalue weighted by atomic mass is 16.6. The highest BCUT2D eigenvalue weighted by molar-refractivity contribution is 6.05. The van der Waals surface area contributed by atoms with E-state index < -0.39 is 5.60 Å². The number of benzene rings is 2. The largest absolute Gasteiger partial charge is 0.436 e. The molecule has 112 valence electrons. The predicted molar refractivity (Wildman–Crippen MR) is 86.9 cm³/mol. The zero-order chi connectivity index (χ0) is 15.2. The number of carbonyl (C=O) groups is 1. The van der Waals surface area contributed by atoms with E-state index in [4.69, 9.17) is 4.74 Å². The molecule has 4 heteroatoms. The number of piperidine rings is 1. The van der Waals surface area contributed by atoms with Crippen LogP contribution in [0.2, 0.25) is 0 Å². The van der Waals surface area contributed by atoms with Crippen molar-refractivity contribution in [3.8, 4) is 0 Å². The minimum Gasteiger partial charge on any atom is -0.436 e. The number of nitrogens with zero attached hydrogens (tertiary/aromatic N) is 1. The highest BCUT2D eigenvalue weighted by Gasteiger charge is 2.50. The Hall–Kier alpha value is -2.33. The van der Waals surface area contributed by atoms with Gasteiger partial charge < -0.3 is 10.1 Å². The summed E-state index contributed by atoms with van der Waals surface area (Å²) in [6.07, 6.45) is 1.24. The molecule has 1 amide bonds. The lowest BCUT2D eigenvalue weighted by atomic mass is 9.89. The van der Waals surface area contributed by atoms with Crippen molar-refractivity contribution in [2.45, 2.75) is 18.4 Å². The summed E-state index contributed by atoms with van der Waals surface area (Å²) in [5.41, 5.74) is 1.07. The number of carbonyl (C=O) groups excluding carboxylic acids is 1. The number of ether oxygens (including phenoxy) is 1. The lowest BCUT2D eigenvalue weighted by Crippen LogP contribution is -2.43. The second-order valence-electron chi connectivity index (χ2n) is 5.89. The second-order valence-corrected chi connectivity index (χ2v) is 5.89. The molecule has 4 nitrogen and oxygen atoms in total. The van der Waals surface area contributed by atoms with Crippen molar-refractivity contribution in [1.29, 1.82) is 0 Å². The molecule has 0 unspecified atom stereocenters. The Bertz CT molecular complexity index is 757. The van der Waals surface area contributed by atoms with Gasteiger partial charge in [0.15, 0.2) is 5.60 Å². The summed E-state index contributed by atoms with van der Waals surface area (Å²) in [4.78, 5) is 14.2. The van der Waals surface area contributed by atoms with Gasteiger partial charge >= 0.3 is 6.09 Å². The van der Waals surface area contributed by atoms with Crippen molar-refractivity contribution in [1.82, 2.24) is 5.32 Å². The van der Waals surface area contributed by atoms with E-state index in [1.54, 1.807) is 4.90 Å². The third-order valence-corrected chi connectivity index (χ3v) is 4.68. The zero-order valence-corrected chi connectivity index (χ0v) is 12.3. The lowest BCUT2D eigenvalue weighted by molar-refractivity contribution is 0.0466. The molecule has 2 aromatic carbocycles. The van der Waals surface area contributed by atoms with Crippen molar-refractivity contribution < 1.29 is 9.53 Å². The first-order chi connectivity index (χ1) is 10.7. The van der Waals surface area contributed by atoms with E-state index in [-0.39, 0.29) is 6.09 Å². The number of hydrogen-bond donors (Lipinski definition) is 1. The number of nitrogens with one attached hydrogen (secondary N) is 1. The molecule has 1 spiro atoms. The van der Waals surface area contributed by atoms with E-state index in [0.717, 1.165) is 48.1 Å². The van der Waals surface area contributed by atoms with Gasteiger partial charge in [-0.2, -0.15) is 0 Å². The van der Waals surface area contributed by atoms with Crippen LogP contribution in [0.4, 0.5) is 10.5 Å². The van der Waals surface area contributed by atoms with Crippen LogP contribution in [0.25, 0.3) is 10.8 Å². The van der Waals surface area contributed by atoms with Crippen LogP contribution >= 0.6 is 0 Å². The molecule has 22 heavy (non-hydrogen) atoms. The summed E-state index contributed by atoms with van der Waals surface area (Å²) in [5, 5.41) is 5.44. The first-order valence-corrected chi connectivity index (χ1v) is 7.62. The molecule has 2 saturated heterocycles. The van der Waals surface area contributed by atoms with Gasteiger partial charge in [0.05, 0.1) is 11.4 Å². The smallest absolute Gasteiger partial charge is 0.419 e. The van der Waals surface area contributed by atoms with E-state index in [1.165, 1.54) is 0 Å². The summed E-state index contributed by atoms with van der Waals surface area (Å²) in [6.45, 7) is 5.88. The minimum atomic E-state index is -0.542. The molecule has 0 radical (unpaired) electrons. The molecular formula is C18H18N2O2. The van der Waals surface area contributed by atoms with Crippen LogP contribution in [-0.4, -0.2) is 24.8 Å². The van der Waals surface area contributed by atoms with Crippen molar-refractivity contribution >= 4 is 22.6 Å². The highest BCUT2D eigenvalue weighted by Crippen LogP contribution is 2.43. The first-order valence-electron chi connectivity index (χ1n) is 7.62. The van der Waals surface area contributed by atoms with Gasteiger partial charge in [-0.05, 0) is 24.5 Å². The Morgan fingerprint density at radius 2 is 1.82 bits per heavy atom. The topological polar surface area (TPSA) is 41.6 Å². The maximum Gasteiger partial charge on any atom is 0.419 e. The molecule has 2 fully saturated rings. The SMILES string of the molecule is C=C1N(c2cccc3ccccc23)C(=O)OC12CCNCC2. The Kier molecular flexibility index (Phi) is 2.94. The van der Waals surface area contributed by atoms with E-state index >= 15 is 0 Å². The maximum atomic E-state index is 12.5. The quantitative estimate of drug-likeness (QED) is 0.876. The zero-order valence-electron chi connectivity index (χ0n) is 12.3. The summed E-state index contributed by atoms with van der Waals surface area (Å²) >= 11 is 0. The van der Waals surface area contributed by atoms with Crippen molar-refractivity contribution in [2.75, 3.05) is 18.0 Å². The van der Waals surface area contributed by atoms with Gasteiger partial charge in [-0.25, -0.2) is 9.69 Å². The molecule has 2 heterocycles. The summed E-state index contributed by atoms with van der Waals surface area (Å²) in [6, 6.07) is 14.0. The normalized spacial score (nSPS) is 20.6. The van der Waals surface area contributed by atoms with E-state index in [9.17, 15) is 4.79 Å².